The third-order valence-electron chi connectivity index (χ3n) is 6.73. The van der Waals surface area contributed by atoms with Crippen molar-refractivity contribution in [2.24, 2.45) is 0 Å². The Morgan fingerprint density at radius 1 is 0.944 bits per heavy atom. The fourth-order valence-electron chi connectivity index (χ4n) is 5.04. The zero-order valence-corrected chi connectivity index (χ0v) is 20.8. The number of allylic oxidation sites excluding steroid dienone is 1. The number of nitrogens with one attached hydrogen (secondary N) is 1. The standard InChI is InChI=1S/C29H27N3O3.ClH/c1-20(30-29(33)23-11-8-12-24(19-23)32(34)35)31-18-7-6-15-27(31)28-25-13-4-2-9-21(25)16-17-22-10-3-5-14-26(22)28;/h2-5,8-14,16-17,19-20H,6-7,15,18H2,1H3,(H,30,33);1H. The average Bonchev–Trinajstić information content (AvgIpc) is 3.05. The first-order chi connectivity index (χ1) is 17.0. The number of rotatable bonds is 4. The molecule has 0 radical (unpaired) electrons. The number of fused-ring (bicyclic) bond motifs is 2. The number of non-ortho nitro benzene ring substituents is 1. The molecular weight excluding hydrogens is 474 g/mol. The van der Waals surface area contributed by atoms with E-state index in [9.17, 15) is 14.9 Å². The minimum atomic E-state index is -0.484. The lowest BCUT2D eigenvalue weighted by Gasteiger charge is -2.39. The van der Waals surface area contributed by atoms with Gasteiger partial charge in [0.15, 0.2) is 0 Å². The third-order valence-corrected chi connectivity index (χ3v) is 6.73. The van der Waals surface area contributed by atoms with Gasteiger partial charge in [0.2, 0.25) is 0 Å². The molecule has 1 aliphatic carbocycles. The highest BCUT2D eigenvalue weighted by molar-refractivity contribution is 5.96. The molecule has 1 fully saturated rings. The number of amides is 1. The van der Waals surface area contributed by atoms with E-state index < -0.39 is 4.92 Å². The second-order valence-electron chi connectivity index (χ2n) is 8.94. The SMILES string of the molecule is CC(NC(=O)c1cccc([N+](=O)[O-])c1)N1CCCCC1=C1c2ccccc2C=Cc2ccccc21.Cl. The van der Waals surface area contributed by atoms with Gasteiger partial charge in [-0.1, -0.05) is 66.7 Å². The lowest BCUT2D eigenvalue weighted by atomic mass is 9.88. The zero-order chi connectivity index (χ0) is 24.4. The predicted octanol–water partition coefficient (Wildman–Crippen LogP) is 6.52. The summed E-state index contributed by atoms with van der Waals surface area (Å²) in [6.45, 7) is 2.81. The van der Waals surface area contributed by atoms with Crippen LogP contribution < -0.4 is 5.32 Å². The van der Waals surface area contributed by atoms with Crippen LogP contribution in [0.15, 0.2) is 78.5 Å². The summed E-state index contributed by atoms with van der Waals surface area (Å²) in [5.74, 6) is -0.320. The van der Waals surface area contributed by atoms with Crippen LogP contribution in [0.25, 0.3) is 17.7 Å². The lowest BCUT2D eigenvalue weighted by Crippen LogP contribution is -2.47. The molecule has 1 amide bonds. The van der Waals surface area contributed by atoms with Crippen LogP contribution in [0.5, 0.6) is 0 Å². The molecule has 184 valence electrons. The molecule has 1 aliphatic heterocycles. The monoisotopic (exact) mass is 501 g/mol. The van der Waals surface area contributed by atoms with Crippen molar-refractivity contribution in [1.82, 2.24) is 10.2 Å². The van der Waals surface area contributed by atoms with E-state index in [0.717, 1.165) is 25.8 Å². The smallest absolute Gasteiger partial charge is 0.270 e. The number of hydrogen-bond acceptors (Lipinski definition) is 4. The summed E-state index contributed by atoms with van der Waals surface area (Å²) in [6.07, 6.45) is 7.09. The van der Waals surface area contributed by atoms with E-state index in [1.54, 1.807) is 12.1 Å². The van der Waals surface area contributed by atoms with Gasteiger partial charge in [0.1, 0.15) is 0 Å². The fourth-order valence-corrected chi connectivity index (χ4v) is 5.04. The number of benzene rings is 3. The van der Waals surface area contributed by atoms with Gasteiger partial charge in [-0.25, -0.2) is 0 Å². The molecule has 6 nitrogen and oxygen atoms in total. The van der Waals surface area contributed by atoms with Crippen molar-refractivity contribution in [3.05, 3.63) is 116 Å². The van der Waals surface area contributed by atoms with E-state index in [1.807, 2.05) is 6.92 Å². The molecule has 0 bridgehead atoms. The van der Waals surface area contributed by atoms with Gasteiger partial charge in [0.25, 0.3) is 11.6 Å². The fraction of sp³-hybridized carbons (Fsp3) is 0.207. The Morgan fingerprint density at radius 2 is 1.58 bits per heavy atom. The van der Waals surface area contributed by atoms with Crippen LogP contribution in [0.4, 0.5) is 5.69 Å². The minimum absolute atomic E-state index is 0. The summed E-state index contributed by atoms with van der Waals surface area (Å²) in [7, 11) is 0. The Balaban J connectivity index is 0.00000304. The lowest BCUT2D eigenvalue weighted by molar-refractivity contribution is -0.384. The minimum Gasteiger partial charge on any atom is -0.354 e. The van der Waals surface area contributed by atoms with E-state index in [1.165, 1.54) is 45.7 Å². The molecule has 1 unspecified atom stereocenters. The van der Waals surface area contributed by atoms with E-state index >= 15 is 0 Å². The topological polar surface area (TPSA) is 75.5 Å². The first-order valence-corrected chi connectivity index (χ1v) is 11.9. The summed E-state index contributed by atoms with van der Waals surface area (Å²) in [5, 5.41) is 14.2. The molecule has 0 saturated carbocycles. The van der Waals surface area contributed by atoms with Crippen LogP contribution in [-0.2, 0) is 0 Å². The summed E-state index contributed by atoms with van der Waals surface area (Å²) in [4.78, 5) is 26.0. The molecule has 36 heavy (non-hydrogen) atoms. The van der Waals surface area contributed by atoms with Crippen molar-refractivity contribution in [2.75, 3.05) is 6.54 Å². The maximum atomic E-state index is 13.0. The van der Waals surface area contributed by atoms with Gasteiger partial charge in [-0.2, -0.15) is 0 Å². The molecule has 3 aromatic carbocycles. The van der Waals surface area contributed by atoms with E-state index in [0.29, 0.717) is 0 Å². The molecule has 0 spiro atoms. The molecule has 2 aliphatic rings. The van der Waals surface area contributed by atoms with Gasteiger partial charge in [0.05, 0.1) is 11.1 Å². The highest BCUT2D eigenvalue weighted by atomic mass is 35.5. The van der Waals surface area contributed by atoms with Crippen molar-refractivity contribution in [3.8, 4) is 0 Å². The summed E-state index contributed by atoms with van der Waals surface area (Å²) in [6, 6.07) is 22.7. The van der Waals surface area contributed by atoms with Crippen LogP contribution in [0.3, 0.4) is 0 Å². The summed E-state index contributed by atoms with van der Waals surface area (Å²) < 4.78 is 0. The Hall–Kier alpha value is -3.90. The van der Waals surface area contributed by atoms with Crippen LogP contribution in [0.2, 0.25) is 0 Å². The number of halogens is 1. The molecule has 3 aromatic rings. The number of nitro benzene ring substituents is 1. The molecule has 1 N–H and O–H groups in total. The second kappa shape index (κ2) is 10.8. The Morgan fingerprint density at radius 3 is 2.22 bits per heavy atom. The van der Waals surface area contributed by atoms with Crippen LogP contribution in [0, 0.1) is 10.1 Å². The van der Waals surface area contributed by atoms with Gasteiger partial charge in [0, 0.05) is 35.5 Å². The summed E-state index contributed by atoms with van der Waals surface area (Å²) >= 11 is 0. The van der Waals surface area contributed by atoms with E-state index in [2.05, 4.69) is 70.9 Å². The van der Waals surface area contributed by atoms with Crippen molar-refractivity contribution in [3.63, 3.8) is 0 Å². The number of carbonyl (C=O) groups excluding carboxylic acids is 1. The quantitative estimate of drug-likeness (QED) is 0.255. The number of nitrogens with zero attached hydrogens (tertiary/aromatic N) is 2. The first kappa shape index (κ1) is 25.2. The van der Waals surface area contributed by atoms with Gasteiger partial charge in [-0.3, -0.25) is 14.9 Å². The number of carbonyl (C=O) groups is 1. The maximum Gasteiger partial charge on any atom is 0.270 e. The second-order valence-corrected chi connectivity index (χ2v) is 8.94. The molecule has 7 heteroatoms. The van der Waals surface area contributed by atoms with Crippen molar-refractivity contribution in [2.45, 2.75) is 32.4 Å². The maximum absolute atomic E-state index is 13.0. The van der Waals surface area contributed by atoms with Gasteiger partial charge >= 0.3 is 0 Å². The number of hydrogen-bond donors (Lipinski definition) is 1. The molecular formula is C29H28ClN3O3. The highest BCUT2D eigenvalue weighted by Crippen LogP contribution is 2.39. The average molecular weight is 502 g/mol. The van der Waals surface area contributed by atoms with Gasteiger partial charge in [-0.15, -0.1) is 12.4 Å². The Labute approximate surface area is 216 Å². The largest absolute Gasteiger partial charge is 0.354 e. The van der Waals surface area contributed by atoms with Gasteiger partial charge < -0.3 is 10.2 Å². The van der Waals surface area contributed by atoms with Gasteiger partial charge in [-0.05, 0) is 54.5 Å². The Bertz CT molecular complexity index is 1310. The highest BCUT2D eigenvalue weighted by Gasteiger charge is 2.28. The molecule has 0 aromatic heterocycles. The number of likely N-dealkylation sites (tertiary alicyclic amines) is 1. The van der Waals surface area contributed by atoms with Crippen LogP contribution in [-0.4, -0.2) is 28.4 Å². The zero-order valence-electron chi connectivity index (χ0n) is 20.0. The molecule has 5 rings (SSSR count). The molecule has 1 saturated heterocycles. The predicted molar refractivity (Wildman–Crippen MR) is 146 cm³/mol. The van der Waals surface area contributed by atoms with Crippen molar-refractivity contribution in [1.29, 1.82) is 0 Å². The van der Waals surface area contributed by atoms with Crippen LogP contribution >= 0.6 is 12.4 Å². The Kier molecular flexibility index (Phi) is 7.55. The first-order valence-electron chi connectivity index (χ1n) is 11.9. The van der Waals surface area contributed by atoms with Crippen LogP contribution in [0.1, 0.15) is 58.8 Å². The van der Waals surface area contributed by atoms with E-state index in [-0.39, 0.29) is 35.7 Å². The number of piperidine rings is 1. The third kappa shape index (κ3) is 4.90. The van der Waals surface area contributed by atoms with Crippen molar-refractivity contribution >= 4 is 41.7 Å². The normalized spacial score (nSPS) is 15.2. The molecule has 1 heterocycles. The number of nitro groups is 1. The van der Waals surface area contributed by atoms with Crippen molar-refractivity contribution < 1.29 is 9.72 Å². The van der Waals surface area contributed by atoms with E-state index in [4.69, 9.17) is 0 Å². The molecule has 1 atom stereocenters. The summed E-state index contributed by atoms with van der Waals surface area (Å²) in [5.41, 5.74) is 7.33.